The molecule has 0 radical (unpaired) electrons. The van der Waals surface area contributed by atoms with Crippen molar-refractivity contribution in [2.45, 2.75) is 32.9 Å². The first-order valence-corrected chi connectivity index (χ1v) is 5.59. The van der Waals surface area contributed by atoms with Crippen LogP contribution >= 0.6 is 0 Å². The van der Waals surface area contributed by atoms with Gasteiger partial charge in [-0.2, -0.15) is 0 Å². The molecule has 0 aliphatic carbocycles. The second kappa shape index (κ2) is 5.95. The lowest BCUT2D eigenvalue weighted by molar-refractivity contribution is -0.123. The van der Waals surface area contributed by atoms with Gasteiger partial charge in [0.25, 0.3) is 5.91 Å². The zero-order valence-corrected chi connectivity index (χ0v) is 10.6. The normalized spacial score (nSPS) is 12.0. The highest BCUT2D eigenvalue weighted by molar-refractivity contribution is 5.95. The molecule has 0 saturated heterocycles. The third kappa shape index (κ3) is 4.00. The summed E-state index contributed by atoms with van der Waals surface area (Å²) in [6, 6.07) is -0.632. The number of anilines is 1. The second-order valence-electron chi connectivity index (χ2n) is 4.19. The van der Waals surface area contributed by atoms with Crippen molar-refractivity contribution in [3.05, 3.63) is 18.1 Å². The van der Waals surface area contributed by atoms with E-state index in [2.05, 4.69) is 20.6 Å². The first-order valence-electron chi connectivity index (χ1n) is 5.59. The van der Waals surface area contributed by atoms with Crippen molar-refractivity contribution in [3.63, 3.8) is 0 Å². The Hall–Kier alpha value is -2.18. The van der Waals surface area contributed by atoms with E-state index in [4.69, 9.17) is 5.73 Å². The highest BCUT2D eigenvalue weighted by atomic mass is 16.2. The van der Waals surface area contributed by atoms with Crippen molar-refractivity contribution >= 4 is 17.6 Å². The molecule has 0 aliphatic heterocycles. The lowest BCUT2D eigenvalue weighted by Crippen LogP contribution is -2.47. The van der Waals surface area contributed by atoms with Gasteiger partial charge in [-0.1, -0.05) is 0 Å². The molecule has 0 saturated carbocycles. The molecule has 7 heteroatoms. The van der Waals surface area contributed by atoms with Crippen LogP contribution in [0.3, 0.4) is 0 Å². The smallest absolute Gasteiger partial charge is 0.272 e. The Morgan fingerprint density at radius 3 is 2.44 bits per heavy atom. The summed E-state index contributed by atoms with van der Waals surface area (Å²) in [6.45, 7) is 5.28. The fourth-order valence-corrected chi connectivity index (χ4v) is 1.24. The van der Waals surface area contributed by atoms with Gasteiger partial charge in [0, 0.05) is 6.04 Å². The average molecular weight is 251 g/mol. The van der Waals surface area contributed by atoms with E-state index in [0.29, 0.717) is 0 Å². The number of rotatable bonds is 4. The van der Waals surface area contributed by atoms with Crippen LogP contribution in [0.15, 0.2) is 12.4 Å². The summed E-state index contributed by atoms with van der Waals surface area (Å²) in [4.78, 5) is 30.9. The molecule has 0 spiro atoms. The van der Waals surface area contributed by atoms with Gasteiger partial charge in [-0.05, 0) is 20.8 Å². The van der Waals surface area contributed by atoms with Crippen molar-refractivity contribution in [2.24, 2.45) is 0 Å². The largest absolute Gasteiger partial charge is 0.382 e. The number of nitrogens with one attached hydrogen (secondary N) is 2. The van der Waals surface area contributed by atoms with Gasteiger partial charge in [0.2, 0.25) is 5.91 Å². The van der Waals surface area contributed by atoms with Crippen molar-refractivity contribution < 1.29 is 9.59 Å². The van der Waals surface area contributed by atoms with E-state index in [1.165, 1.54) is 12.4 Å². The Balaban J connectivity index is 2.62. The summed E-state index contributed by atoms with van der Waals surface area (Å²) in [5.41, 5.74) is 5.50. The summed E-state index contributed by atoms with van der Waals surface area (Å²) in [5.74, 6) is -0.585. The van der Waals surface area contributed by atoms with Gasteiger partial charge in [-0.3, -0.25) is 14.6 Å². The molecule has 4 N–H and O–H groups in total. The Labute approximate surface area is 105 Å². The molecule has 0 fully saturated rings. The van der Waals surface area contributed by atoms with Crippen LogP contribution in [0.5, 0.6) is 0 Å². The maximum Gasteiger partial charge on any atom is 0.272 e. The fraction of sp³-hybridized carbons (Fsp3) is 0.455. The number of nitrogens with two attached hydrogens (primary N) is 1. The van der Waals surface area contributed by atoms with Gasteiger partial charge in [0.15, 0.2) is 0 Å². The number of carbonyl (C=O) groups is 2. The Kier molecular flexibility index (Phi) is 4.59. The lowest BCUT2D eigenvalue weighted by Gasteiger charge is -2.15. The van der Waals surface area contributed by atoms with E-state index in [9.17, 15) is 9.59 Å². The van der Waals surface area contributed by atoms with Gasteiger partial charge in [-0.15, -0.1) is 0 Å². The molecule has 1 atom stereocenters. The third-order valence-electron chi connectivity index (χ3n) is 2.06. The van der Waals surface area contributed by atoms with E-state index in [1.54, 1.807) is 6.92 Å². The van der Waals surface area contributed by atoms with Crippen molar-refractivity contribution in [3.8, 4) is 0 Å². The molecule has 0 aliphatic rings. The van der Waals surface area contributed by atoms with Gasteiger partial charge in [0.05, 0.1) is 12.4 Å². The lowest BCUT2D eigenvalue weighted by atomic mass is 10.2. The number of hydrogen-bond acceptors (Lipinski definition) is 5. The summed E-state index contributed by atoms with van der Waals surface area (Å²) in [7, 11) is 0. The molecule has 1 heterocycles. The molecule has 1 aromatic heterocycles. The van der Waals surface area contributed by atoms with E-state index in [1.807, 2.05) is 13.8 Å². The highest BCUT2D eigenvalue weighted by Gasteiger charge is 2.18. The number of aromatic nitrogens is 2. The molecule has 0 bridgehead atoms. The number of hydrogen-bond donors (Lipinski definition) is 3. The molecule has 98 valence electrons. The highest BCUT2D eigenvalue weighted by Crippen LogP contribution is 1.98. The maximum absolute atomic E-state index is 11.7. The van der Waals surface area contributed by atoms with E-state index >= 15 is 0 Å². The van der Waals surface area contributed by atoms with E-state index in [-0.39, 0.29) is 23.5 Å². The molecule has 18 heavy (non-hydrogen) atoms. The SMILES string of the molecule is CC(C)NC(=O)C(C)NC(=O)c1cncc(N)n1. The van der Waals surface area contributed by atoms with E-state index in [0.717, 1.165) is 0 Å². The van der Waals surface area contributed by atoms with Crippen molar-refractivity contribution in [2.75, 3.05) is 5.73 Å². The predicted octanol–water partition coefficient (Wildman–Crippen LogP) is -0.298. The summed E-state index contributed by atoms with van der Waals surface area (Å²) < 4.78 is 0. The minimum atomic E-state index is -0.650. The maximum atomic E-state index is 11.7. The Morgan fingerprint density at radius 1 is 1.22 bits per heavy atom. The first kappa shape index (κ1) is 13.9. The van der Waals surface area contributed by atoms with Crippen LogP contribution in [0.4, 0.5) is 5.82 Å². The molecule has 7 nitrogen and oxygen atoms in total. The molecule has 0 aromatic carbocycles. The Morgan fingerprint density at radius 2 is 1.89 bits per heavy atom. The molecule has 2 amide bonds. The zero-order chi connectivity index (χ0) is 13.7. The summed E-state index contributed by atoms with van der Waals surface area (Å²) in [6.07, 6.45) is 2.63. The third-order valence-corrected chi connectivity index (χ3v) is 2.06. The summed E-state index contributed by atoms with van der Waals surface area (Å²) in [5, 5.41) is 5.22. The molecule has 1 unspecified atom stereocenters. The van der Waals surface area contributed by atoms with Crippen LogP contribution in [0.2, 0.25) is 0 Å². The van der Waals surface area contributed by atoms with E-state index < -0.39 is 11.9 Å². The quantitative estimate of drug-likeness (QED) is 0.680. The van der Waals surface area contributed by atoms with Crippen LogP contribution in [0, 0.1) is 0 Å². The fourth-order valence-electron chi connectivity index (χ4n) is 1.24. The van der Waals surface area contributed by atoms with Gasteiger partial charge in [0.1, 0.15) is 17.6 Å². The van der Waals surface area contributed by atoms with Crippen LogP contribution in [-0.2, 0) is 4.79 Å². The van der Waals surface area contributed by atoms with Crippen LogP contribution in [0.1, 0.15) is 31.3 Å². The topological polar surface area (TPSA) is 110 Å². The molecule has 1 aromatic rings. The standard InChI is InChI=1S/C11H17N5O2/c1-6(2)14-10(17)7(3)15-11(18)8-4-13-5-9(12)16-8/h4-7H,1-3H3,(H2,12,16)(H,14,17)(H,15,18). The number of nitrogen functional groups attached to an aromatic ring is 1. The van der Waals surface area contributed by atoms with Crippen LogP contribution in [0.25, 0.3) is 0 Å². The summed E-state index contributed by atoms with van der Waals surface area (Å²) >= 11 is 0. The van der Waals surface area contributed by atoms with Crippen LogP contribution in [-0.4, -0.2) is 33.9 Å². The average Bonchev–Trinajstić information content (AvgIpc) is 2.27. The van der Waals surface area contributed by atoms with Crippen molar-refractivity contribution in [1.29, 1.82) is 0 Å². The van der Waals surface area contributed by atoms with Gasteiger partial charge in [-0.25, -0.2) is 4.98 Å². The monoisotopic (exact) mass is 251 g/mol. The minimum Gasteiger partial charge on any atom is -0.382 e. The molecular weight excluding hydrogens is 234 g/mol. The minimum absolute atomic E-state index is 0.0176. The zero-order valence-electron chi connectivity index (χ0n) is 10.6. The first-order chi connectivity index (χ1) is 8.40. The predicted molar refractivity (Wildman–Crippen MR) is 66.7 cm³/mol. The Bertz CT molecular complexity index is 447. The van der Waals surface area contributed by atoms with Gasteiger partial charge < -0.3 is 16.4 Å². The second-order valence-corrected chi connectivity index (χ2v) is 4.19. The van der Waals surface area contributed by atoms with Gasteiger partial charge >= 0.3 is 0 Å². The van der Waals surface area contributed by atoms with Crippen LogP contribution < -0.4 is 16.4 Å². The number of carbonyl (C=O) groups excluding carboxylic acids is 2. The molecule has 1 rings (SSSR count). The number of nitrogens with zero attached hydrogens (tertiary/aromatic N) is 2. The number of amides is 2. The molecular formula is C11H17N5O2. The van der Waals surface area contributed by atoms with Crippen molar-refractivity contribution in [1.82, 2.24) is 20.6 Å².